The summed E-state index contributed by atoms with van der Waals surface area (Å²) in [7, 11) is 0. The zero-order valence-corrected chi connectivity index (χ0v) is 18.1. The minimum absolute atomic E-state index is 0.243. The predicted octanol–water partition coefficient (Wildman–Crippen LogP) is 4.98. The predicted molar refractivity (Wildman–Crippen MR) is 116 cm³/mol. The van der Waals surface area contributed by atoms with Crippen LogP contribution in [0.3, 0.4) is 0 Å². The summed E-state index contributed by atoms with van der Waals surface area (Å²) in [6, 6.07) is 11.2. The molecule has 1 N–H and O–H groups in total. The third kappa shape index (κ3) is 3.56. The molecule has 0 radical (unpaired) electrons. The van der Waals surface area contributed by atoms with Crippen LogP contribution in [-0.2, 0) is 0 Å². The van der Waals surface area contributed by atoms with Gasteiger partial charge in [-0.25, -0.2) is 0 Å². The first-order valence-electron chi connectivity index (χ1n) is 7.98. The number of hydrogen-bond acceptors (Lipinski definition) is 5. The normalized spacial score (nSPS) is 11.1. The van der Waals surface area contributed by atoms with Crippen molar-refractivity contribution in [3.05, 3.63) is 61.9 Å². The van der Waals surface area contributed by atoms with Gasteiger partial charge in [0.25, 0.3) is 5.91 Å². The average Bonchev–Trinajstić information content (AvgIpc) is 3.21. The molecule has 0 fully saturated rings. The molecule has 4 rings (SSSR count). The van der Waals surface area contributed by atoms with E-state index >= 15 is 0 Å². The average molecular weight is 510 g/mol. The van der Waals surface area contributed by atoms with Crippen molar-refractivity contribution in [3.63, 3.8) is 0 Å². The molecule has 9 heteroatoms. The van der Waals surface area contributed by atoms with Crippen LogP contribution in [0.1, 0.15) is 21.7 Å². The molecule has 0 saturated carbocycles. The van der Waals surface area contributed by atoms with E-state index in [9.17, 15) is 4.79 Å². The summed E-state index contributed by atoms with van der Waals surface area (Å²) in [5, 5.41) is 16.8. The van der Waals surface area contributed by atoms with E-state index in [4.69, 9.17) is 11.6 Å². The molecule has 6 nitrogen and oxygen atoms in total. The number of carbonyl (C=O) groups excluding carboxylic acids is 1. The van der Waals surface area contributed by atoms with Crippen molar-refractivity contribution in [1.29, 1.82) is 0 Å². The Labute approximate surface area is 177 Å². The SMILES string of the molecule is Cc1ccc(-c2nn3c(C)nnc3s2)cc1NC(=O)c1cc(I)ccc1Cl. The van der Waals surface area contributed by atoms with Gasteiger partial charge in [-0.3, -0.25) is 4.79 Å². The Bertz CT molecular complexity index is 1190. The Hall–Kier alpha value is -2.04. The Balaban J connectivity index is 1.68. The van der Waals surface area contributed by atoms with Gasteiger partial charge >= 0.3 is 0 Å². The van der Waals surface area contributed by atoms with Crippen molar-refractivity contribution in [1.82, 2.24) is 19.8 Å². The largest absolute Gasteiger partial charge is 0.322 e. The number of carbonyl (C=O) groups is 1. The standard InChI is InChI=1S/C18H13ClIN5OS/c1-9-3-4-11(17-24-25-10(2)22-23-18(25)27-17)7-15(9)21-16(26)13-8-12(20)5-6-14(13)19/h3-8H,1-2H3,(H,21,26). The van der Waals surface area contributed by atoms with Crippen LogP contribution in [-0.4, -0.2) is 25.7 Å². The van der Waals surface area contributed by atoms with Crippen LogP contribution in [0.15, 0.2) is 36.4 Å². The summed E-state index contributed by atoms with van der Waals surface area (Å²) >= 11 is 9.79. The third-order valence-corrected chi connectivity index (χ3v) is 6.00. The molecular formula is C18H13ClIN5OS. The summed E-state index contributed by atoms with van der Waals surface area (Å²) in [6.07, 6.45) is 0. The van der Waals surface area contributed by atoms with E-state index < -0.39 is 0 Å². The van der Waals surface area contributed by atoms with Crippen molar-refractivity contribution in [2.75, 3.05) is 5.32 Å². The van der Waals surface area contributed by atoms with Crippen LogP contribution >= 0.6 is 45.5 Å². The molecular weight excluding hydrogens is 497 g/mol. The molecule has 0 atom stereocenters. The maximum atomic E-state index is 12.7. The quantitative estimate of drug-likeness (QED) is 0.396. The number of benzene rings is 2. The summed E-state index contributed by atoms with van der Waals surface area (Å²) in [5.74, 6) is 0.495. The molecule has 0 bridgehead atoms. The first-order chi connectivity index (χ1) is 12.9. The summed E-state index contributed by atoms with van der Waals surface area (Å²) in [4.78, 5) is 13.4. The maximum Gasteiger partial charge on any atom is 0.257 e. The van der Waals surface area contributed by atoms with Gasteiger partial charge < -0.3 is 5.32 Å². The fourth-order valence-corrected chi connectivity index (χ4v) is 4.16. The van der Waals surface area contributed by atoms with E-state index in [0.717, 1.165) is 36.2 Å². The van der Waals surface area contributed by atoms with Crippen molar-refractivity contribution < 1.29 is 4.79 Å². The Kier molecular flexibility index (Phi) is 4.87. The number of aromatic nitrogens is 4. The molecule has 4 aromatic rings. The molecule has 0 saturated heterocycles. The van der Waals surface area contributed by atoms with Crippen molar-refractivity contribution in [3.8, 4) is 10.6 Å². The Morgan fingerprint density at radius 1 is 1.19 bits per heavy atom. The van der Waals surface area contributed by atoms with Gasteiger partial charge in [-0.05, 0) is 66.3 Å². The van der Waals surface area contributed by atoms with Crippen molar-refractivity contribution in [2.24, 2.45) is 0 Å². The zero-order chi connectivity index (χ0) is 19.1. The molecule has 136 valence electrons. The maximum absolute atomic E-state index is 12.7. The molecule has 0 unspecified atom stereocenters. The van der Waals surface area contributed by atoms with Crippen LogP contribution in [0, 0.1) is 17.4 Å². The van der Waals surface area contributed by atoms with E-state index in [2.05, 4.69) is 43.2 Å². The number of fused-ring (bicyclic) bond motifs is 1. The van der Waals surface area contributed by atoms with Gasteiger partial charge in [0.15, 0.2) is 5.82 Å². The minimum Gasteiger partial charge on any atom is -0.322 e. The number of anilines is 1. The first-order valence-corrected chi connectivity index (χ1v) is 10.3. The van der Waals surface area contributed by atoms with Crippen molar-refractivity contribution in [2.45, 2.75) is 13.8 Å². The molecule has 0 aliphatic heterocycles. The molecule has 0 aliphatic carbocycles. The number of aryl methyl sites for hydroxylation is 2. The monoisotopic (exact) mass is 509 g/mol. The summed E-state index contributed by atoms with van der Waals surface area (Å²) < 4.78 is 2.66. The van der Waals surface area contributed by atoms with E-state index in [-0.39, 0.29) is 5.91 Å². The molecule has 2 aromatic carbocycles. The zero-order valence-electron chi connectivity index (χ0n) is 14.3. The number of hydrogen-bond donors (Lipinski definition) is 1. The Morgan fingerprint density at radius 2 is 2.00 bits per heavy atom. The lowest BCUT2D eigenvalue weighted by molar-refractivity contribution is 0.102. The van der Waals surface area contributed by atoms with E-state index in [1.807, 2.05) is 38.1 Å². The fraction of sp³-hybridized carbons (Fsp3) is 0.111. The number of nitrogens with zero attached hydrogens (tertiary/aromatic N) is 4. The van der Waals surface area contributed by atoms with Crippen LogP contribution in [0.5, 0.6) is 0 Å². The lowest BCUT2D eigenvalue weighted by Crippen LogP contribution is -2.13. The lowest BCUT2D eigenvalue weighted by atomic mass is 10.1. The highest BCUT2D eigenvalue weighted by molar-refractivity contribution is 14.1. The fourth-order valence-electron chi connectivity index (χ4n) is 2.58. The highest BCUT2D eigenvalue weighted by Gasteiger charge is 2.15. The van der Waals surface area contributed by atoms with Gasteiger partial charge in [0.2, 0.25) is 4.96 Å². The van der Waals surface area contributed by atoms with Gasteiger partial charge in [-0.15, -0.1) is 10.2 Å². The van der Waals surface area contributed by atoms with Crippen LogP contribution in [0.4, 0.5) is 5.69 Å². The van der Waals surface area contributed by atoms with E-state index in [0.29, 0.717) is 10.6 Å². The minimum atomic E-state index is -0.243. The van der Waals surface area contributed by atoms with E-state index in [1.165, 1.54) is 11.3 Å². The number of amides is 1. The van der Waals surface area contributed by atoms with Gasteiger partial charge in [0.1, 0.15) is 5.01 Å². The highest BCUT2D eigenvalue weighted by atomic mass is 127. The van der Waals surface area contributed by atoms with Gasteiger partial charge in [-0.2, -0.15) is 9.61 Å². The van der Waals surface area contributed by atoms with Gasteiger partial charge in [0, 0.05) is 14.8 Å². The van der Waals surface area contributed by atoms with Crippen molar-refractivity contribution >= 4 is 62.1 Å². The summed E-state index contributed by atoms with van der Waals surface area (Å²) in [5.41, 5.74) is 3.02. The second-order valence-electron chi connectivity index (χ2n) is 5.96. The van der Waals surface area contributed by atoms with Crippen LogP contribution in [0.25, 0.3) is 15.5 Å². The van der Waals surface area contributed by atoms with Gasteiger partial charge in [0.05, 0.1) is 10.6 Å². The van der Waals surface area contributed by atoms with Gasteiger partial charge in [-0.1, -0.05) is 35.1 Å². The number of rotatable bonds is 3. The molecule has 0 aliphatic rings. The topological polar surface area (TPSA) is 72.2 Å². The molecule has 2 heterocycles. The molecule has 1 amide bonds. The Morgan fingerprint density at radius 3 is 2.78 bits per heavy atom. The van der Waals surface area contributed by atoms with Crippen LogP contribution in [0.2, 0.25) is 5.02 Å². The lowest BCUT2D eigenvalue weighted by Gasteiger charge is -2.11. The molecule has 0 spiro atoms. The summed E-state index contributed by atoms with van der Waals surface area (Å²) in [6.45, 7) is 3.80. The smallest absolute Gasteiger partial charge is 0.257 e. The third-order valence-electron chi connectivity index (χ3n) is 4.05. The van der Waals surface area contributed by atoms with Crippen LogP contribution < -0.4 is 5.32 Å². The molecule has 27 heavy (non-hydrogen) atoms. The number of halogens is 2. The molecule has 2 aromatic heterocycles. The van der Waals surface area contributed by atoms with E-state index in [1.54, 1.807) is 16.6 Å². The highest BCUT2D eigenvalue weighted by Crippen LogP contribution is 2.30. The number of nitrogens with one attached hydrogen (secondary N) is 1. The second-order valence-corrected chi connectivity index (χ2v) is 8.57. The first kappa shape index (κ1) is 18.3. The second kappa shape index (κ2) is 7.17.